The van der Waals surface area contributed by atoms with Crippen molar-refractivity contribution in [3.8, 4) is 0 Å². The lowest BCUT2D eigenvalue weighted by molar-refractivity contribution is 0.184. The van der Waals surface area contributed by atoms with Crippen LogP contribution in [0.3, 0.4) is 0 Å². The van der Waals surface area contributed by atoms with E-state index in [1.807, 2.05) is 0 Å². The fourth-order valence-electron chi connectivity index (χ4n) is 2.96. The number of hydrogen-bond acceptors (Lipinski definition) is 4. The molecule has 1 unspecified atom stereocenters. The highest BCUT2D eigenvalue weighted by Crippen LogP contribution is 2.22. The Morgan fingerprint density at radius 1 is 1.33 bits per heavy atom. The van der Waals surface area contributed by atoms with Gasteiger partial charge in [-0.1, -0.05) is 19.8 Å². The minimum Gasteiger partial charge on any atom is -0.306 e. The van der Waals surface area contributed by atoms with E-state index in [4.69, 9.17) is 4.98 Å². The zero-order valence-corrected chi connectivity index (χ0v) is 14.9. The fourth-order valence-corrected chi connectivity index (χ4v) is 3.68. The first-order valence-electron chi connectivity index (χ1n) is 8.40. The Kier molecular flexibility index (Phi) is 6.20. The Hall–Kier alpha value is -0.450. The van der Waals surface area contributed by atoms with Crippen LogP contribution in [0.5, 0.6) is 0 Å². The number of likely N-dealkylation sites (tertiary alicyclic amines) is 1. The molecule has 0 radical (unpaired) electrons. The minimum absolute atomic E-state index is 0.157. The second kappa shape index (κ2) is 7.70. The molecule has 1 aromatic heterocycles. The third-order valence-corrected chi connectivity index (χ3v) is 5.10. The van der Waals surface area contributed by atoms with E-state index in [1.54, 1.807) is 11.3 Å². The van der Waals surface area contributed by atoms with Crippen LogP contribution in [0.2, 0.25) is 0 Å². The van der Waals surface area contributed by atoms with E-state index in [0.29, 0.717) is 0 Å². The van der Waals surface area contributed by atoms with Gasteiger partial charge in [0, 0.05) is 30.1 Å². The van der Waals surface area contributed by atoms with Gasteiger partial charge in [-0.15, -0.1) is 11.3 Å². The largest absolute Gasteiger partial charge is 0.306 e. The summed E-state index contributed by atoms with van der Waals surface area (Å²) in [5, 5.41) is 6.98. The van der Waals surface area contributed by atoms with Gasteiger partial charge >= 0.3 is 0 Å². The average Bonchev–Trinajstić information content (AvgIpc) is 2.74. The smallest absolute Gasteiger partial charge is 0.107 e. The van der Waals surface area contributed by atoms with Gasteiger partial charge in [0.25, 0.3) is 0 Å². The molecule has 1 atom stereocenters. The number of nitrogens with zero attached hydrogens (tertiary/aromatic N) is 2. The topological polar surface area (TPSA) is 28.2 Å². The van der Waals surface area contributed by atoms with Crippen molar-refractivity contribution in [3.63, 3.8) is 0 Å². The predicted octanol–water partition coefficient (Wildman–Crippen LogP) is 4.19. The van der Waals surface area contributed by atoms with Gasteiger partial charge in [-0.05, 0) is 46.6 Å². The Morgan fingerprint density at radius 2 is 2.14 bits per heavy atom. The quantitative estimate of drug-likeness (QED) is 0.884. The SMILES string of the molecule is CCC1CCCCCN1Cc1csc(CNC(C)(C)C)n1. The zero-order chi connectivity index (χ0) is 15.3. The Bertz CT molecular complexity index is 422. The van der Waals surface area contributed by atoms with E-state index >= 15 is 0 Å². The van der Waals surface area contributed by atoms with Gasteiger partial charge < -0.3 is 5.32 Å². The highest BCUT2D eigenvalue weighted by atomic mass is 32.1. The van der Waals surface area contributed by atoms with E-state index in [9.17, 15) is 0 Å². The van der Waals surface area contributed by atoms with Crippen LogP contribution < -0.4 is 5.32 Å². The number of aromatic nitrogens is 1. The summed E-state index contributed by atoms with van der Waals surface area (Å²) in [6, 6.07) is 0.755. The average molecular weight is 310 g/mol. The Balaban J connectivity index is 1.91. The van der Waals surface area contributed by atoms with E-state index in [0.717, 1.165) is 19.1 Å². The molecule has 0 aromatic carbocycles. The normalized spacial score (nSPS) is 21.4. The van der Waals surface area contributed by atoms with E-state index < -0.39 is 0 Å². The highest BCUT2D eigenvalue weighted by molar-refractivity contribution is 7.09. The first-order chi connectivity index (χ1) is 9.98. The molecule has 2 heterocycles. The molecule has 0 aliphatic carbocycles. The summed E-state index contributed by atoms with van der Waals surface area (Å²) in [6.07, 6.45) is 6.76. The van der Waals surface area contributed by atoms with Crippen molar-refractivity contribution in [2.45, 2.75) is 84.5 Å². The lowest BCUT2D eigenvalue weighted by Crippen LogP contribution is -2.35. The third kappa shape index (κ3) is 5.68. The summed E-state index contributed by atoms with van der Waals surface area (Å²) in [5.41, 5.74) is 1.41. The van der Waals surface area contributed by atoms with Crippen LogP contribution in [0.25, 0.3) is 0 Å². The number of thiazole rings is 1. The van der Waals surface area contributed by atoms with Crippen LogP contribution in [0.15, 0.2) is 5.38 Å². The fraction of sp³-hybridized carbons (Fsp3) is 0.824. The maximum atomic E-state index is 4.82. The summed E-state index contributed by atoms with van der Waals surface area (Å²) in [6.45, 7) is 12.1. The Labute approximate surface area is 134 Å². The van der Waals surface area contributed by atoms with Gasteiger partial charge in [0.2, 0.25) is 0 Å². The molecule has 21 heavy (non-hydrogen) atoms. The summed E-state index contributed by atoms with van der Waals surface area (Å²) in [4.78, 5) is 7.48. The summed E-state index contributed by atoms with van der Waals surface area (Å²) in [5.74, 6) is 0. The second-order valence-corrected chi connectivity index (χ2v) is 8.16. The Morgan fingerprint density at radius 3 is 2.86 bits per heavy atom. The molecule has 1 aromatic rings. The molecule has 1 aliphatic heterocycles. The molecule has 1 N–H and O–H groups in total. The van der Waals surface area contributed by atoms with E-state index in [2.05, 4.69) is 43.3 Å². The molecule has 1 fully saturated rings. The summed E-state index contributed by atoms with van der Waals surface area (Å²) < 4.78 is 0. The maximum Gasteiger partial charge on any atom is 0.107 e. The second-order valence-electron chi connectivity index (χ2n) is 7.22. The van der Waals surface area contributed by atoms with Gasteiger partial charge in [-0.25, -0.2) is 4.98 Å². The monoisotopic (exact) mass is 309 g/mol. The van der Waals surface area contributed by atoms with Crippen LogP contribution in [-0.2, 0) is 13.1 Å². The van der Waals surface area contributed by atoms with Gasteiger partial charge in [0.15, 0.2) is 0 Å². The molecule has 2 rings (SSSR count). The van der Waals surface area contributed by atoms with Crippen molar-refractivity contribution in [2.24, 2.45) is 0 Å². The number of rotatable bonds is 5. The molecule has 1 aliphatic rings. The summed E-state index contributed by atoms with van der Waals surface area (Å²) in [7, 11) is 0. The van der Waals surface area contributed by atoms with E-state index in [1.165, 1.54) is 49.4 Å². The molecule has 0 amide bonds. The minimum atomic E-state index is 0.157. The molecule has 0 bridgehead atoms. The molecule has 0 spiro atoms. The molecule has 3 nitrogen and oxygen atoms in total. The van der Waals surface area contributed by atoms with Crippen molar-refractivity contribution < 1.29 is 0 Å². The van der Waals surface area contributed by atoms with Crippen molar-refractivity contribution in [3.05, 3.63) is 16.1 Å². The first-order valence-corrected chi connectivity index (χ1v) is 9.28. The van der Waals surface area contributed by atoms with Crippen LogP contribution in [0.4, 0.5) is 0 Å². The highest BCUT2D eigenvalue weighted by Gasteiger charge is 2.20. The number of hydrogen-bond donors (Lipinski definition) is 1. The predicted molar refractivity (Wildman–Crippen MR) is 91.7 cm³/mol. The van der Waals surface area contributed by atoms with Gasteiger partial charge in [-0.2, -0.15) is 0 Å². The molecule has 4 heteroatoms. The lowest BCUT2D eigenvalue weighted by Gasteiger charge is -2.28. The lowest BCUT2D eigenvalue weighted by atomic mass is 10.1. The first kappa shape index (κ1) is 16.9. The molecular weight excluding hydrogens is 278 g/mol. The van der Waals surface area contributed by atoms with Crippen molar-refractivity contribution in [1.82, 2.24) is 15.2 Å². The van der Waals surface area contributed by atoms with Gasteiger partial charge in [-0.3, -0.25) is 4.90 Å². The molecule has 120 valence electrons. The van der Waals surface area contributed by atoms with Crippen LogP contribution >= 0.6 is 11.3 Å². The molecule has 1 saturated heterocycles. The van der Waals surface area contributed by atoms with Gasteiger partial charge in [0.1, 0.15) is 5.01 Å². The molecule has 0 saturated carbocycles. The number of nitrogens with one attached hydrogen (secondary N) is 1. The van der Waals surface area contributed by atoms with Crippen LogP contribution in [0, 0.1) is 0 Å². The zero-order valence-electron chi connectivity index (χ0n) is 14.1. The van der Waals surface area contributed by atoms with Crippen molar-refractivity contribution in [1.29, 1.82) is 0 Å². The summed E-state index contributed by atoms with van der Waals surface area (Å²) >= 11 is 1.79. The standard InChI is InChI=1S/C17H31N3S/c1-5-15-9-7-6-8-10-20(15)12-14-13-21-16(19-14)11-18-17(2,3)4/h13,15,18H,5-12H2,1-4H3. The molecular formula is C17H31N3S. The van der Waals surface area contributed by atoms with Crippen molar-refractivity contribution >= 4 is 11.3 Å². The van der Waals surface area contributed by atoms with Crippen LogP contribution in [0.1, 0.15) is 70.5 Å². The van der Waals surface area contributed by atoms with Crippen LogP contribution in [-0.4, -0.2) is 28.0 Å². The maximum absolute atomic E-state index is 4.82. The van der Waals surface area contributed by atoms with Crippen molar-refractivity contribution in [2.75, 3.05) is 6.54 Å². The van der Waals surface area contributed by atoms with Gasteiger partial charge in [0.05, 0.1) is 5.69 Å². The van der Waals surface area contributed by atoms with E-state index in [-0.39, 0.29) is 5.54 Å². The third-order valence-electron chi connectivity index (χ3n) is 4.20.